The van der Waals surface area contributed by atoms with Crippen LogP contribution in [0.2, 0.25) is 0 Å². The Balaban J connectivity index is 1.51. The van der Waals surface area contributed by atoms with E-state index in [4.69, 9.17) is 10.00 Å². The molecule has 1 aliphatic carbocycles. The molecular weight excluding hydrogens is 424 g/mol. The molecule has 4 atom stereocenters. The molecule has 6 nitrogen and oxygen atoms in total. The fourth-order valence-corrected chi connectivity index (χ4v) is 5.72. The van der Waals surface area contributed by atoms with Gasteiger partial charge in [0.05, 0.1) is 18.4 Å². The van der Waals surface area contributed by atoms with Crippen molar-refractivity contribution >= 4 is 17.2 Å². The molecule has 0 radical (unpaired) electrons. The molecular formula is C28H32N4O2. The molecule has 3 heterocycles. The molecule has 2 aromatic rings. The topological polar surface area (TPSA) is 90.8 Å². The van der Waals surface area contributed by atoms with Crippen LogP contribution in [0.15, 0.2) is 42.6 Å². The minimum absolute atomic E-state index is 0.139. The van der Waals surface area contributed by atoms with E-state index < -0.39 is 0 Å². The van der Waals surface area contributed by atoms with E-state index in [9.17, 15) is 4.79 Å². The molecule has 2 aliphatic heterocycles. The minimum atomic E-state index is -0.345. The quantitative estimate of drug-likeness (QED) is 0.567. The predicted molar refractivity (Wildman–Crippen MR) is 132 cm³/mol. The number of nitrogens with one attached hydrogen (secondary N) is 2. The summed E-state index contributed by atoms with van der Waals surface area (Å²) in [6, 6.07) is 8.44. The van der Waals surface area contributed by atoms with Crippen LogP contribution in [0.4, 0.5) is 5.69 Å². The van der Waals surface area contributed by atoms with Gasteiger partial charge in [0, 0.05) is 11.3 Å². The van der Waals surface area contributed by atoms with Gasteiger partial charge in [-0.1, -0.05) is 52.0 Å². The Labute approximate surface area is 201 Å². The molecule has 2 bridgehead atoms. The number of carbonyl (C=O) groups excluding carboxylic acids is 1. The molecule has 1 amide bonds. The smallest absolute Gasteiger partial charge is 0.291 e. The zero-order chi connectivity index (χ0) is 24.0. The van der Waals surface area contributed by atoms with Crippen molar-refractivity contribution in [2.45, 2.75) is 65.1 Å². The highest BCUT2D eigenvalue weighted by molar-refractivity contribution is 6.03. The number of rotatable bonds is 4. The third-order valence-corrected chi connectivity index (χ3v) is 7.88. The summed E-state index contributed by atoms with van der Waals surface area (Å²) in [4.78, 5) is 19.7. The molecule has 1 aromatic carbocycles. The second-order valence-corrected chi connectivity index (χ2v) is 10.8. The zero-order valence-corrected chi connectivity index (χ0v) is 20.3. The normalized spacial score (nSPS) is 29.4. The van der Waals surface area contributed by atoms with E-state index in [-0.39, 0.29) is 29.6 Å². The van der Waals surface area contributed by atoms with E-state index in [0.29, 0.717) is 23.2 Å². The predicted octanol–water partition coefficient (Wildman–Crippen LogP) is 5.82. The van der Waals surface area contributed by atoms with Crippen molar-refractivity contribution in [1.29, 1.82) is 5.26 Å². The number of allylic oxidation sites excluding steroid dienone is 2. The average Bonchev–Trinajstić information content (AvgIpc) is 3.48. The maximum absolute atomic E-state index is 12.9. The molecule has 1 aromatic heterocycles. The molecule has 1 saturated heterocycles. The van der Waals surface area contributed by atoms with Gasteiger partial charge in [0.1, 0.15) is 11.8 Å². The summed E-state index contributed by atoms with van der Waals surface area (Å²) in [5.41, 5.74) is 5.00. The number of fused-ring (bicyclic) bond motifs is 2. The van der Waals surface area contributed by atoms with Crippen molar-refractivity contribution in [2.24, 2.45) is 17.3 Å². The fraction of sp³-hybridized carbons (Fsp3) is 0.464. The number of nitrogens with zero attached hydrogens (tertiary/aromatic N) is 2. The number of hydrogen-bond acceptors (Lipinski definition) is 4. The second-order valence-electron chi connectivity index (χ2n) is 10.8. The maximum Gasteiger partial charge on any atom is 0.291 e. The molecule has 1 fully saturated rings. The molecule has 4 unspecified atom stereocenters. The summed E-state index contributed by atoms with van der Waals surface area (Å²) in [6.45, 7) is 9.16. The zero-order valence-electron chi connectivity index (χ0n) is 20.3. The standard InChI is InChI=1S/C28H32N4O2/c1-16-23-7-8-24(34-23)17(2)25(16)19-5-6-22(32-27(33)26-30-15-20(14-29)31-26)21(13-19)18-9-11-28(3,4)12-10-18/h5-9,13,15-17,23-25H,10-12H2,1-4H3,(H,30,31)(H,32,33). The first-order chi connectivity index (χ1) is 16.3. The number of hydrogen-bond donors (Lipinski definition) is 2. The van der Waals surface area contributed by atoms with Gasteiger partial charge >= 0.3 is 0 Å². The summed E-state index contributed by atoms with van der Waals surface area (Å²) in [6.07, 6.45) is 11.6. The van der Waals surface area contributed by atoms with Gasteiger partial charge in [-0.05, 0) is 65.7 Å². The van der Waals surface area contributed by atoms with Gasteiger partial charge in [-0.2, -0.15) is 5.26 Å². The molecule has 6 heteroatoms. The number of amides is 1. The van der Waals surface area contributed by atoms with Crippen LogP contribution in [0.25, 0.3) is 5.57 Å². The van der Waals surface area contributed by atoms with Crippen LogP contribution in [0.5, 0.6) is 0 Å². The van der Waals surface area contributed by atoms with Crippen LogP contribution < -0.4 is 5.32 Å². The molecule has 5 rings (SSSR count). The van der Waals surface area contributed by atoms with Crippen LogP contribution in [0, 0.1) is 28.6 Å². The molecule has 2 N–H and O–H groups in total. The third-order valence-electron chi connectivity index (χ3n) is 7.88. The largest absolute Gasteiger partial charge is 0.366 e. The van der Waals surface area contributed by atoms with Gasteiger partial charge in [-0.15, -0.1) is 0 Å². The first-order valence-electron chi connectivity index (χ1n) is 12.2. The van der Waals surface area contributed by atoms with Crippen molar-refractivity contribution < 1.29 is 9.53 Å². The lowest BCUT2D eigenvalue weighted by Crippen LogP contribution is -2.39. The summed E-state index contributed by atoms with van der Waals surface area (Å²) in [7, 11) is 0. The van der Waals surface area contributed by atoms with Gasteiger partial charge in [0.25, 0.3) is 5.91 Å². The van der Waals surface area contributed by atoms with Gasteiger partial charge in [0.2, 0.25) is 0 Å². The van der Waals surface area contributed by atoms with E-state index in [2.05, 4.69) is 73.3 Å². The Morgan fingerprint density at radius 2 is 1.97 bits per heavy atom. The Morgan fingerprint density at radius 3 is 2.59 bits per heavy atom. The fourth-order valence-electron chi connectivity index (χ4n) is 5.72. The number of H-pyrrole nitrogens is 1. The summed E-state index contributed by atoms with van der Waals surface area (Å²) >= 11 is 0. The molecule has 176 valence electrons. The molecule has 3 aliphatic rings. The Bertz CT molecular complexity index is 1200. The van der Waals surface area contributed by atoms with E-state index in [1.165, 1.54) is 17.3 Å². The highest BCUT2D eigenvalue weighted by Gasteiger charge is 2.43. The van der Waals surface area contributed by atoms with E-state index in [1.54, 1.807) is 0 Å². The number of aromatic nitrogens is 2. The Kier molecular flexibility index (Phi) is 5.69. The highest BCUT2D eigenvalue weighted by Crippen LogP contribution is 2.47. The van der Waals surface area contributed by atoms with E-state index in [1.807, 2.05) is 12.1 Å². The van der Waals surface area contributed by atoms with Crippen LogP contribution >= 0.6 is 0 Å². The Morgan fingerprint density at radius 1 is 1.24 bits per heavy atom. The number of aromatic amines is 1. The third kappa shape index (κ3) is 4.10. The minimum Gasteiger partial charge on any atom is -0.366 e. The van der Waals surface area contributed by atoms with Crippen LogP contribution in [-0.2, 0) is 4.74 Å². The number of carbonyl (C=O) groups is 1. The lowest BCUT2D eigenvalue weighted by atomic mass is 9.72. The molecule has 0 saturated carbocycles. The first kappa shape index (κ1) is 22.6. The number of nitriles is 1. The number of anilines is 1. The SMILES string of the molecule is CC1C2C=CC(O2)C(C)C1c1ccc(NC(=O)c2ncc(C#N)[nH]2)c(C2=CCC(C)(C)CC2)c1. The molecule has 34 heavy (non-hydrogen) atoms. The van der Waals surface area contributed by atoms with Crippen LogP contribution in [0.1, 0.15) is 80.3 Å². The second kappa shape index (κ2) is 8.56. The number of benzene rings is 1. The van der Waals surface area contributed by atoms with Crippen molar-refractivity contribution in [1.82, 2.24) is 9.97 Å². The summed E-state index contributed by atoms with van der Waals surface area (Å²) in [5, 5.41) is 12.1. The monoisotopic (exact) mass is 456 g/mol. The summed E-state index contributed by atoms with van der Waals surface area (Å²) < 4.78 is 6.17. The number of ether oxygens (including phenoxy) is 1. The van der Waals surface area contributed by atoms with Gasteiger partial charge in [-0.3, -0.25) is 4.79 Å². The van der Waals surface area contributed by atoms with Crippen molar-refractivity contribution in [2.75, 3.05) is 5.32 Å². The Hall–Kier alpha value is -3.17. The molecule has 0 spiro atoms. The van der Waals surface area contributed by atoms with Gasteiger partial charge in [-0.25, -0.2) is 4.98 Å². The average molecular weight is 457 g/mol. The lowest BCUT2D eigenvalue weighted by molar-refractivity contribution is -0.0573. The van der Waals surface area contributed by atoms with Crippen molar-refractivity contribution in [3.05, 3.63) is 65.3 Å². The van der Waals surface area contributed by atoms with E-state index in [0.717, 1.165) is 30.5 Å². The van der Waals surface area contributed by atoms with Crippen LogP contribution in [-0.4, -0.2) is 28.1 Å². The van der Waals surface area contributed by atoms with Crippen LogP contribution in [0.3, 0.4) is 0 Å². The van der Waals surface area contributed by atoms with E-state index >= 15 is 0 Å². The van der Waals surface area contributed by atoms with Crippen molar-refractivity contribution in [3.8, 4) is 6.07 Å². The first-order valence-corrected chi connectivity index (χ1v) is 12.2. The van der Waals surface area contributed by atoms with Gasteiger partial charge < -0.3 is 15.0 Å². The number of imidazole rings is 1. The maximum atomic E-state index is 12.9. The highest BCUT2D eigenvalue weighted by atomic mass is 16.5. The van der Waals surface area contributed by atoms with Crippen molar-refractivity contribution in [3.63, 3.8) is 0 Å². The van der Waals surface area contributed by atoms with Gasteiger partial charge in [0.15, 0.2) is 5.82 Å². The lowest BCUT2D eigenvalue weighted by Gasteiger charge is -2.40. The summed E-state index contributed by atoms with van der Waals surface area (Å²) in [5.74, 6) is 0.934.